The molecule has 12 heavy (non-hydrogen) atoms. The van der Waals surface area contributed by atoms with E-state index in [4.69, 9.17) is 0 Å². The maximum absolute atomic E-state index is 11.1. The van der Waals surface area contributed by atoms with Gasteiger partial charge in [-0.1, -0.05) is 13.3 Å². The molecule has 0 aliphatic carbocycles. The molecule has 0 radical (unpaired) electrons. The van der Waals surface area contributed by atoms with E-state index in [1.807, 2.05) is 13.0 Å². The van der Waals surface area contributed by atoms with E-state index in [0.29, 0.717) is 0 Å². The van der Waals surface area contributed by atoms with Crippen molar-refractivity contribution in [2.75, 3.05) is 0 Å². The molecule has 0 N–H and O–H groups in total. The molecule has 0 aromatic carbocycles. The molecule has 0 aromatic heterocycles. The highest BCUT2D eigenvalue weighted by atomic mass is 16.1. The van der Waals surface area contributed by atoms with Crippen LogP contribution in [0.3, 0.4) is 0 Å². The van der Waals surface area contributed by atoms with E-state index in [-0.39, 0.29) is 11.8 Å². The average molecular weight is 165 g/mol. The highest BCUT2D eigenvalue weighted by Gasteiger charge is 2.17. The molecular weight excluding hydrogens is 150 g/mol. The Kier molecular flexibility index (Phi) is 2.79. The number of nitrogens with zero attached hydrogens (tertiary/aromatic N) is 1. The molecule has 1 aliphatic heterocycles. The van der Waals surface area contributed by atoms with Crippen LogP contribution in [0.15, 0.2) is 16.6 Å². The molecule has 2 heteroatoms. The SMILES string of the molecule is CCCC1C=C(C(C)=O)C(C)=N1. The Hall–Kier alpha value is -0.920. The lowest BCUT2D eigenvalue weighted by Crippen LogP contribution is -2.02. The number of allylic oxidation sites excluding steroid dienone is 1. The first-order valence-corrected chi connectivity index (χ1v) is 4.42. The molecule has 0 aromatic rings. The molecule has 1 unspecified atom stereocenters. The average Bonchev–Trinajstić information content (AvgIpc) is 2.32. The number of rotatable bonds is 3. The van der Waals surface area contributed by atoms with Gasteiger partial charge in [-0.25, -0.2) is 0 Å². The smallest absolute Gasteiger partial charge is 0.161 e. The Morgan fingerprint density at radius 2 is 2.33 bits per heavy atom. The fraction of sp³-hybridized carbons (Fsp3) is 0.600. The Balaban J connectivity index is 2.73. The Labute approximate surface area is 73.4 Å². The Bertz CT molecular complexity index is 251. The number of ketones is 1. The van der Waals surface area contributed by atoms with Crippen LogP contribution in [0.5, 0.6) is 0 Å². The van der Waals surface area contributed by atoms with Gasteiger partial charge in [-0.15, -0.1) is 0 Å². The van der Waals surface area contributed by atoms with Gasteiger partial charge in [-0.3, -0.25) is 9.79 Å². The van der Waals surface area contributed by atoms with Gasteiger partial charge in [0.25, 0.3) is 0 Å². The second kappa shape index (κ2) is 3.65. The monoisotopic (exact) mass is 165 g/mol. The number of hydrogen-bond donors (Lipinski definition) is 0. The Morgan fingerprint density at radius 3 is 2.75 bits per heavy atom. The van der Waals surface area contributed by atoms with Crippen molar-refractivity contribution in [1.29, 1.82) is 0 Å². The zero-order valence-corrected chi connectivity index (χ0v) is 7.92. The highest BCUT2D eigenvalue weighted by molar-refractivity contribution is 6.21. The molecular formula is C10H15NO. The summed E-state index contributed by atoms with van der Waals surface area (Å²) in [4.78, 5) is 15.4. The molecule has 1 atom stereocenters. The first kappa shape index (κ1) is 9.17. The van der Waals surface area contributed by atoms with Gasteiger partial charge in [0, 0.05) is 11.3 Å². The van der Waals surface area contributed by atoms with Crippen LogP contribution in [-0.2, 0) is 4.79 Å². The molecule has 1 heterocycles. The van der Waals surface area contributed by atoms with Crippen molar-refractivity contribution in [2.45, 2.75) is 39.7 Å². The summed E-state index contributed by atoms with van der Waals surface area (Å²) in [6.07, 6.45) is 4.15. The topological polar surface area (TPSA) is 29.4 Å². The van der Waals surface area contributed by atoms with Crippen LogP contribution in [-0.4, -0.2) is 17.5 Å². The van der Waals surface area contributed by atoms with Crippen molar-refractivity contribution < 1.29 is 4.79 Å². The van der Waals surface area contributed by atoms with E-state index in [2.05, 4.69) is 11.9 Å². The van der Waals surface area contributed by atoms with Crippen molar-refractivity contribution in [3.05, 3.63) is 11.6 Å². The standard InChI is InChI=1S/C10H15NO/c1-4-5-9-6-10(8(3)12)7(2)11-9/h6,9H,4-5H2,1-3H3. The summed E-state index contributed by atoms with van der Waals surface area (Å²) >= 11 is 0. The van der Waals surface area contributed by atoms with E-state index in [1.165, 1.54) is 0 Å². The fourth-order valence-electron chi connectivity index (χ4n) is 1.48. The minimum Gasteiger partial charge on any atom is -0.294 e. The van der Waals surface area contributed by atoms with Crippen LogP contribution < -0.4 is 0 Å². The van der Waals surface area contributed by atoms with Gasteiger partial charge < -0.3 is 0 Å². The van der Waals surface area contributed by atoms with Crippen molar-refractivity contribution in [3.63, 3.8) is 0 Å². The van der Waals surface area contributed by atoms with Crippen LogP contribution in [0.2, 0.25) is 0 Å². The molecule has 0 amide bonds. The number of Topliss-reactive ketones (excluding diaryl/α,β-unsaturated/α-hetero) is 1. The van der Waals surface area contributed by atoms with Crippen LogP contribution in [0.1, 0.15) is 33.6 Å². The lowest BCUT2D eigenvalue weighted by Gasteiger charge is -1.98. The molecule has 1 aliphatic rings. The highest BCUT2D eigenvalue weighted by Crippen LogP contribution is 2.17. The molecule has 0 fully saturated rings. The normalized spacial score (nSPS) is 22.1. The molecule has 0 saturated heterocycles. The molecule has 66 valence electrons. The quantitative estimate of drug-likeness (QED) is 0.630. The van der Waals surface area contributed by atoms with E-state index in [9.17, 15) is 4.79 Å². The minimum absolute atomic E-state index is 0.134. The van der Waals surface area contributed by atoms with E-state index >= 15 is 0 Å². The van der Waals surface area contributed by atoms with Crippen molar-refractivity contribution in [2.24, 2.45) is 4.99 Å². The molecule has 2 nitrogen and oxygen atoms in total. The number of carbonyl (C=O) groups excluding carboxylic acids is 1. The summed E-state index contributed by atoms with van der Waals surface area (Å²) in [7, 11) is 0. The number of aliphatic imine (C=N–C) groups is 1. The van der Waals surface area contributed by atoms with Crippen LogP contribution in [0.4, 0.5) is 0 Å². The maximum Gasteiger partial charge on any atom is 0.161 e. The summed E-state index contributed by atoms with van der Waals surface area (Å²) in [5.74, 6) is 0.134. The van der Waals surface area contributed by atoms with E-state index in [1.54, 1.807) is 6.92 Å². The number of hydrogen-bond acceptors (Lipinski definition) is 2. The predicted molar refractivity (Wildman–Crippen MR) is 50.6 cm³/mol. The summed E-state index contributed by atoms with van der Waals surface area (Å²) in [6.45, 7) is 5.63. The largest absolute Gasteiger partial charge is 0.294 e. The van der Waals surface area contributed by atoms with Gasteiger partial charge in [-0.05, 0) is 26.3 Å². The van der Waals surface area contributed by atoms with Gasteiger partial charge in [0.2, 0.25) is 0 Å². The zero-order chi connectivity index (χ0) is 9.14. The first-order chi connectivity index (χ1) is 5.65. The van der Waals surface area contributed by atoms with Crippen LogP contribution in [0, 0.1) is 0 Å². The fourth-order valence-corrected chi connectivity index (χ4v) is 1.48. The third kappa shape index (κ3) is 1.81. The molecule has 0 bridgehead atoms. The first-order valence-electron chi connectivity index (χ1n) is 4.42. The lowest BCUT2D eigenvalue weighted by atomic mass is 10.1. The van der Waals surface area contributed by atoms with Gasteiger partial charge >= 0.3 is 0 Å². The second-order valence-electron chi connectivity index (χ2n) is 3.21. The maximum atomic E-state index is 11.1. The van der Waals surface area contributed by atoms with Crippen molar-refractivity contribution in [1.82, 2.24) is 0 Å². The molecule has 1 rings (SSSR count). The predicted octanol–water partition coefficient (Wildman–Crippen LogP) is 2.15. The summed E-state index contributed by atoms with van der Waals surface area (Å²) in [5, 5.41) is 0. The van der Waals surface area contributed by atoms with Gasteiger partial charge in [0.05, 0.1) is 6.04 Å². The van der Waals surface area contributed by atoms with Crippen molar-refractivity contribution in [3.8, 4) is 0 Å². The number of carbonyl (C=O) groups is 1. The lowest BCUT2D eigenvalue weighted by molar-refractivity contribution is -0.113. The molecule has 0 saturated carbocycles. The van der Waals surface area contributed by atoms with Gasteiger partial charge in [0.1, 0.15) is 0 Å². The van der Waals surface area contributed by atoms with Gasteiger partial charge in [-0.2, -0.15) is 0 Å². The molecule has 0 spiro atoms. The van der Waals surface area contributed by atoms with Gasteiger partial charge in [0.15, 0.2) is 5.78 Å². The van der Waals surface area contributed by atoms with Crippen LogP contribution in [0.25, 0.3) is 0 Å². The summed E-state index contributed by atoms with van der Waals surface area (Å²) < 4.78 is 0. The minimum atomic E-state index is 0.134. The van der Waals surface area contributed by atoms with Crippen LogP contribution >= 0.6 is 0 Å². The Morgan fingerprint density at radius 1 is 1.67 bits per heavy atom. The van der Waals surface area contributed by atoms with E-state index < -0.39 is 0 Å². The second-order valence-corrected chi connectivity index (χ2v) is 3.21. The summed E-state index contributed by atoms with van der Waals surface area (Å²) in [5.41, 5.74) is 1.72. The van der Waals surface area contributed by atoms with E-state index in [0.717, 1.165) is 24.1 Å². The third-order valence-corrected chi connectivity index (χ3v) is 2.07. The summed E-state index contributed by atoms with van der Waals surface area (Å²) in [6, 6.07) is 0.258. The zero-order valence-electron chi connectivity index (χ0n) is 7.92. The third-order valence-electron chi connectivity index (χ3n) is 2.07. The van der Waals surface area contributed by atoms with Crippen molar-refractivity contribution >= 4 is 11.5 Å².